The number of nitrogens with one attached hydrogen (secondary N) is 1. The molecule has 1 N–H and O–H groups in total. The van der Waals surface area contributed by atoms with E-state index in [1.807, 2.05) is 0 Å². The minimum atomic E-state index is -4.43. The van der Waals surface area contributed by atoms with Crippen molar-refractivity contribution in [3.05, 3.63) is 65.8 Å². The molecule has 5 nitrogen and oxygen atoms in total. The molecular formula is C16H13F3N3O2-. The van der Waals surface area contributed by atoms with Crippen LogP contribution in [0.25, 0.3) is 0 Å². The summed E-state index contributed by atoms with van der Waals surface area (Å²) in [6.07, 6.45) is 2.71. The Morgan fingerprint density at radius 3 is 2.88 bits per heavy atom. The van der Waals surface area contributed by atoms with Gasteiger partial charge in [0.2, 0.25) is 0 Å². The Labute approximate surface area is 136 Å². The monoisotopic (exact) mass is 336 g/mol. The number of hydrazone groups is 1. The van der Waals surface area contributed by atoms with Crippen molar-refractivity contribution < 1.29 is 23.0 Å². The topological polar surface area (TPSA) is 69.0 Å². The molecule has 24 heavy (non-hydrogen) atoms. The number of hydrogen-bond acceptors (Lipinski definition) is 5. The number of alkyl halides is 3. The van der Waals surface area contributed by atoms with Gasteiger partial charge in [-0.1, -0.05) is 6.07 Å². The van der Waals surface area contributed by atoms with Crippen LogP contribution in [0.4, 0.5) is 18.9 Å². The molecule has 8 heteroatoms. The van der Waals surface area contributed by atoms with Gasteiger partial charge in [0.1, 0.15) is 0 Å². The third-order valence-electron chi connectivity index (χ3n) is 2.92. The number of halogens is 3. The number of hydrogen-bond donors (Lipinski definition) is 1. The zero-order valence-electron chi connectivity index (χ0n) is 12.5. The van der Waals surface area contributed by atoms with Crippen LogP contribution >= 0.6 is 0 Å². The zero-order chi connectivity index (χ0) is 17.6. The van der Waals surface area contributed by atoms with E-state index in [1.54, 1.807) is 6.08 Å². The highest BCUT2D eigenvalue weighted by Crippen LogP contribution is 2.30. The summed E-state index contributed by atoms with van der Waals surface area (Å²) in [7, 11) is 1.25. The Balaban J connectivity index is 2.21. The lowest BCUT2D eigenvalue weighted by atomic mass is 10.1. The van der Waals surface area contributed by atoms with Crippen molar-refractivity contribution in [3.63, 3.8) is 0 Å². The standard InChI is InChI=1S/C16H14F3N3O2/c1-24-15(23)6-5-11-10-20-8-7-14(11)22-21-13-4-2-3-12(9-13)16(17,18)19/h2-10,21,23H,1H3/p-1. The summed E-state index contributed by atoms with van der Waals surface area (Å²) >= 11 is 0. The van der Waals surface area contributed by atoms with Gasteiger partial charge in [-0.15, -0.1) is 0 Å². The van der Waals surface area contributed by atoms with Crippen LogP contribution in [0.15, 0.2) is 70.3 Å². The molecule has 0 aromatic heterocycles. The van der Waals surface area contributed by atoms with E-state index in [2.05, 4.69) is 20.3 Å². The number of aliphatic imine (C=N–C) groups is 1. The van der Waals surface area contributed by atoms with Gasteiger partial charge in [0.05, 0.1) is 22.9 Å². The van der Waals surface area contributed by atoms with Crippen molar-refractivity contribution in [2.24, 2.45) is 10.1 Å². The SMILES string of the molecule is COC([O-])=CC=C1C=NC=CC1=NNc1cccc(C(F)(F)F)c1. The Bertz CT molecular complexity index is 747. The van der Waals surface area contributed by atoms with E-state index >= 15 is 0 Å². The van der Waals surface area contributed by atoms with Gasteiger partial charge in [0.15, 0.2) is 0 Å². The van der Waals surface area contributed by atoms with Crippen LogP contribution in [0, 0.1) is 0 Å². The number of anilines is 1. The summed E-state index contributed by atoms with van der Waals surface area (Å²) in [6.45, 7) is 0. The van der Waals surface area contributed by atoms with Gasteiger partial charge < -0.3 is 9.84 Å². The van der Waals surface area contributed by atoms with E-state index in [0.717, 1.165) is 12.1 Å². The zero-order valence-corrected chi connectivity index (χ0v) is 12.5. The van der Waals surface area contributed by atoms with Crippen molar-refractivity contribution in [3.8, 4) is 0 Å². The van der Waals surface area contributed by atoms with Crippen molar-refractivity contribution >= 4 is 17.6 Å². The average molecular weight is 336 g/mol. The molecule has 0 atom stereocenters. The molecule has 1 aromatic carbocycles. The molecule has 126 valence electrons. The maximum Gasteiger partial charge on any atom is 0.416 e. The van der Waals surface area contributed by atoms with Crippen LogP contribution in [-0.4, -0.2) is 19.0 Å². The molecule has 0 unspecified atom stereocenters. The third kappa shape index (κ3) is 4.73. The maximum atomic E-state index is 12.7. The van der Waals surface area contributed by atoms with Crippen LogP contribution in [-0.2, 0) is 10.9 Å². The predicted octanol–water partition coefficient (Wildman–Crippen LogP) is 2.85. The summed E-state index contributed by atoms with van der Waals surface area (Å²) < 4.78 is 42.5. The molecular weight excluding hydrogens is 323 g/mol. The second kappa shape index (κ2) is 7.49. The molecule has 0 saturated heterocycles. The minimum absolute atomic E-state index is 0.185. The molecule has 0 spiro atoms. The minimum Gasteiger partial charge on any atom is -0.617 e. The van der Waals surface area contributed by atoms with E-state index in [1.165, 1.54) is 43.8 Å². The molecule has 0 radical (unpaired) electrons. The van der Waals surface area contributed by atoms with Crippen molar-refractivity contribution in [2.45, 2.75) is 6.18 Å². The second-order valence-electron chi connectivity index (χ2n) is 4.59. The number of rotatable bonds is 4. The molecule has 1 heterocycles. The van der Waals surface area contributed by atoms with Gasteiger partial charge in [-0.2, -0.15) is 18.3 Å². The van der Waals surface area contributed by atoms with Gasteiger partial charge in [0, 0.05) is 18.0 Å². The van der Waals surface area contributed by atoms with E-state index < -0.39 is 17.7 Å². The lowest BCUT2D eigenvalue weighted by Crippen LogP contribution is -2.09. The van der Waals surface area contributed by atoms with Crippen LogP contribution in [0.5, 0.6) is 0 Å². The number of benzene rings is 1. The molecule has 0 saturated carbocycles. The summed E-state index contributed by atoms with van der Waals surface area (Å²) in [5.74, 6) is -0.546. The number of ether oxygens (including phenoxy) is 1. The van der Waals surface area contributed by atoms with Crippen molar-refractivity contribution in [1.82, 2.24) is 0 Å². The summed E-state index contributed by atoms with van der Waals surface area (Å²) in [5, 5.41) is 15.2. The molecule has 0 bridgehead atoms. The third-order valence-corrected chi connectivity index (χ3v) is 2.92. The highest BCUT2D eigenvalue weighted by atomic mass is 19.4. The average Bonchev–Trinajstić information content (AvgIpc) is 2.58. The number of nitrogens with zero attached hydrogens (tertiary/aromatic N) is 2. The molecule has 1 aromatic rings. The maximum absolute atomic E-state index is 12.7. The fraction of sp³-hybridized carbons (Fsp3) is 0.125. The van der Waals surface area contributed by atoms with Crippen LogP contribution in [0.3, 0.4) is 0 Å². The highest BCUT2D eigenvalue weighted by Gasteiger charge is 2.30. The molecule has 0 fully saturated rings. The predicted molar refractivity (Wildman–Crippen MR) is 83.3 cm³/mol. The second-order valence-corrected chi connectivity index (χ2v) is 4.59. The Kier molecular flexibility index (Phi) is 5.41. The van der Waals surface area contributed by atoms with E-state index in [-0.39, 0.29) is 5.69 Å². The normalized spacial score (nSPS) is 18.2. The molecule has 0 amide bonds. The summed E-state index contributed by atoms with van der Waals surface area (Å²) in [4.78, 5) is 3.91. The Hall–Kier alpha value is -3.03. The van der Waals surface area contributed by atoms with Gasteiger partial charge in [-0.25, -0.2) is 0 Å². The van der Waals surface area contributed by atoms with E-state index in [4.69, 9.17) is 0 Å². The van der Waals surface area contributed by atoms with E-state index in [0.29, 0.717) is 11.3 Å². The first-order valence-corrected chi connectivity index (χ1v) is 6.74. The lowest BCUT2D eigenvalue weighted by Gasteiger charge is -2.10. The van der Waals surface area contributed by atoms with Crippen LogP contribution < -0.4 is 10.5 Å². The molecule has 2 rings (SSSR count). The van der Waals surface area contributed by atoms with Gasteiger partial charge in [-0.05, 0) is 43.5 Å². The van der Waals surface area contributed by atoms with Crippen LogP contribution in [0.2, 0.25) is 0 Å². The van der Waals surface area contributed by atoms with Gasteiger partial charge in [-0.3, -0.25) is 10.4 Å². The highest BCUT2D eigenvalue weighted by molar-refractivity contribution is 6.23. The molecule has 0 aliphatic carbocycles. The molecule has 1 aliphatic heterocycles. The Morgan fingerprint density at radius 2 is 2.17 bits per heavy atom. The first-order valence-electron chi connectivity index (χ1n) is 6.74. The quantitative estimate of drug-likeness (QED) is 0.679. The van der Waals surface area contributed by atoms with Crippen molar-refractivity contribution in [2.75, 3.05) is 12.5 Å². The van der Waals surface area contributed by atoms with Crippen LogP contribution in [0.1, 0.15) is 5.56 Å². The lowest BCUT2D eigenvalue weighted by molar-refractivity contribution is -0.353. The fourth-order valence-electron chi connectivity index (χ4n) is 1.75. The largest absolute Gasteiger partial charge is 0.617 e. The first kappa shape index (κ1) is 17.3. The molecule has 1 aliphatic rings. The van der Waals surface area contributed by atoms with Gasteiger partial charge in [0.25, 0.3) is 0 Å². The summed E-state index contributed by atoms with van der Waals surface area (Å²) in [5.41, 5.74) is 2.88. The summed E-state index contributed by atoms with van der Waals surface area (Å²) in [6, 6.07) is 4.67. The van der Waals surface area contributed by atoms with Gasteiger partial charge >= 0.3 is 6.18 Å². The van der Waals surface area contributed by atoms with Crippen molar-refractivity contribution in [1.29, 1.82) is 0 Å². The first-order chi connectivity index (χ1) is 11.4. The van der Waals surface area contributed by atoms with E-state index in [9.17, 15) is 18.3 Å². The Morgan fingerprint density at radius 1 is 1.38 bits per heavy atom. The number of methoxy groups -OCH3 is 1. The smallest absolute Gasteiger partial charge is 0.416 e. The fourth-order valence-corrected chi connectivity index (χ4v) is 1.75. The number of allylic oxidation sites excluding steroid dienone is 4.